The summed E-state index contributed by atoms with van der Waals surface area (Å²) < 4.78 is 6.01. The largest absolute Gasteiger partial charge is 0.373 e. The van der Waals surface area contributed by atoms with Crippen molar-refractivity contribution in [2.75, 3.05) is 26.7 Å². The molecule has 1 aliphatic rings. The van der Waals surface area contributed by atoms with Gasteiger partial charge in [-0.05, 0) is 46.2 Å². The summed E-state index contributed by atoms with van der Waals surface area (Å²) in [5.74, 6) is 0.439. The predicted molar refractivity (Wildman–Crippen MR) is 93.4 cm³/mol. The van der Waals surface area contributed by atoms with Gasteiger partial charge in [-0.2, -0.15) is 0 Å². The number of carbonyl (C=O) groups is 1. The normalized spacial score (nSPS) is 21.7. The van der Waals surface area contributed by atoms with Crippen LogP contribution in [0.2, 0.25) is 0 Å². The first kappa shape index (κ1) is 18.0. The average molecular weight is 318 g/mol. The quantitative estimate of drug-likeness (QED) is 0.877. The third kappa shape index (κ3) is 5.33. The number of hydrogen-bond donors (Lipinski definition) is 1. The molecule has 1 aliphatic heterocycles. The molecule has 1 aromatic carbocycles. The van der Waals surface area contributed by atoms with Crippen LogP contribution in [0, 0.1) is 12.8 Å². The number of benzene rings is 1. The summed E-state index contributed by atoms with van der Waals surface area (Å²) in [6, 6.07) is 8.92. The Morgan fingerprint density at radius 1 is 1.35 bits per heavy atom. The van der Waals surface area contributed by atoms with E-state index in [1.807, 2.05) is 11.9 Å². The minimum absolute atomic E-state index is 0.0903. The van der Waals surface area contributed by atoms with Gasteiger partial charge in [0.1, 0.15) is 0 Å². The Bertz CT molecular complexity index is 499. The Morgan fingerprint density at radius 2 is 2.04 bits per heavy atom. The van der Waals surface area contributed by atoms with E-state index in [1.54, 1.807) is 0 Å². The summed E-state index contributed by atoms with van der Waals surface area (Å²) in [6.45, 7) is 8.21. The third-order valence-corrected chi connectivity index (χ3v) is 4.69. The molecule has 1 heterocycles. The summed E-state index contributed by atoms with van der Waals surface area (Å²) >= 11 is 0. The van der Waals surface area contributed by atoms with E-state index in [-0.39, 0.29) is 12.0 Å². The van der Waals surface area contributed by atoms with Gasteiger partial charge in [-0.3, -0.25) is 9.69 Å². The van der Waals surface area contributed by atoms with E-state index in [2.05, 4.69) is 50.4 Å². The van der Waals surface area contributed by atoms with Crippen LogP contribution in [0.3, 0.4) is 0 Å². The Morgan fingerprint density at radius 3 is 2.70 bits per heavy atom. The van der Waals surface area contributed by atoms with Crippen LogP contribution in [0.1, 0.15) is 43.9 Å². The lowest BCUT2D eigenvalue weighted by atomic mass is 9.89. The smallest absolute Gasteiger partial charge is 0.234 e. The Hall–Kier alpha value is -1.39. The molecule has 1 N–H and O–H groups in total. The summed E-state index contributed by atoms with van der Waals surface area (Å²) in [5, 5.41) is 3.09. The van der Waals surface area contributed by atoms with E-state index < -0.39 is 0 Å². The number of nitrogens with zero attached hydrogens (tertiary/aromatic N) is 1. The molecular weight excluding hydrogens is 288 g/mol. The first-order chi connectivity index (χ1) is 11.0. The molecule has 0 saturated carbocycles. The van der Waals surface area contributed by atoms with Crippen LogP contribution in [0.15, 0.2) is 24.3 Å². The second-order valence-electron chi connectivity index (χ2n) is 6.92. The molecule has 1 fully saturated rings. The molecule has 0 aromatic heterocycles. The standard InChI is InChI=1S/C19H30N2O2/c1-14(2)21(4)13-18(22)20-12-17-6-5-11-23-19(17)16-9-7-15(3)8-10-16/h7-10,14,17,19H,5-6,11-13H2,1-4H3,(H,20,22)/t17-,19-/m1/s1. The lowest BCUT2D eigenvalue weighted by Gasteiger charge is -2.32. The first-order valence-electron chi connectivity index (χ1n) is 8.62. The molecule has 4 nitrogen and oxygen atoms in total. The van der Waals surface area contributed by atoms with Gasteiger partial charge in [0.2, 0.25) is 5.91 Å². The number of ether oxygens (including phenoxy) is 1. The van der Waals surface area contributed by atoms with E-state index in [9.17, 15) is 4.79 Å². The monoisotopic (exact) mass is 318 g/mol. The zero-order valence-corrected chi connectivity index (χ0v) is 14.8. The van der Waals surface area contributed by atoms with Crippen molar-refractivity contribution in [1.82, 2.24) is 10.2 Å². The van der Waals surface area contributed by atoms with Crippen molar-refractivity contribution in [3.05, 3.63) is 35.4 Å². The van der Waals surface area contributed by atoms with Gasteiger partial charge in [0.15, 0.2) is 0 Å². The summed E-state index contributed by atoms with van der Waals surface area (Å²) in [6.07, 6.45) is 2.25. The van der Waals surface area contributed by atoms with Crippen LogP contribution in [-0.4, -0.2) is 43.6 Å². The molecule has 1 amide bonds. The van der Waals surface area contributed by atoms with Crippen LogP contribution < -0.4 is 5.32 Å². The second kappa shape index (κ2) is 8.46. The second-order valence-corrected chi connectivity index (χ2v) is 6.92. The molecule has 1 saturated heterocycles. The van der Waals surface area contributed by atoms with Crippen LogP contribution in [-0.2, 0) is 9.53 Å². The van der Waals surface area contributed by atoms with Crippen LogP contribution in [0.5, 0.6) is 0 Å². The van der Waals surface area contributed by atoms with Gasteiger partial charge in [-0.1, -0.05) is 29.8 Å². The molecule has 1 aromatic rings. The Kier molecular flexibility index (Phi) is 6.60. The lowest BCUT2D eigenvalue weighted by Crippen LogP contribution is -2.41. The minimum atomic E-state index is 0.0903. The lowest BCUT2D eigenvalue weighted by molar-refractivity contribution is -0.123. The number of aryl methyl sites for hydroxylation is 1. The fourth-order valence-electron chi connectivity index (χ4n) is 2.89. The van der Waals surface area contributed by atoms with Crippen molar-refractivity contribution in [2.45, 2.75) is 45.8 Å². The van der Waals surface area contributed by atoms with Crippen molar-refractivity contribution in [1.29, 1.82) is 0 Å². The number of amides is 1. The first-order valence-corrected chi connectivity index (χ1v) is 8.62. The molecular formula is C19H30N2O2. The molecule has 0 radical (unpaired) electrons. The number of hydrogen-bond acceptors (Lipinski definition) is 3. The summed E-state index contributed by atoms with van der Waals surface area (Å²) in [7, 11) is 1.98. The highest BCUT2D eigenvalue weighted by Gasteiger charge is 2.27. The highest BCUT2D eigenvalue weighted by atomic mass is 16.5. The van der Waals surface area contributed by atoms with Crippen molar-refractivity contribution < 1.29 is 9.53 Å². The van der Waals surface area contributed by atoms with E-state index in [0.717, 1.165) is 19.4 Å². The zero-order valence-electron chi connectivity index (χ0n) is 14.8. The molecule has 0 aliphatic carbocycles. The number of likely N-dealkylation sites (N-methyl/N-ethyl adjacent to an activating group) is 1. The highest BCUT2D eigenvalue weighted by Crippen LogP contribution is 2.33. The van der Waals surface area contributed by atoms with Crippen LogP contribution >= 0.6 is 0 Å². The van der Waals surface area contributed by atoms with Crippen molar-refractivity contribution >= 4 is 5.91 Å². The van der Waals surface area contributed by atoms with Gasteiger partial charge < -0.3 is 10.1 Å². The van der Waals surface area contributed by atoms with E-state index in [1.165, 1.54) is 11.1 Å². The number of carbonyl (C=O) groups excluding carboxylic acids is 1. The predicted octanol–water partition coefficient (Wildman–Crippen LogP) is 2.92. The molecule has 0 bridgehead atoms. The Balaban J connectivity index is 1.91. The molecule has 0 unspecified atom stereocenters. The van der Waals surface area contributed by atoms with E-state index >= 15 is 0 Å². The molecule has 0 spiro atoms. The van der Waals surface area contributed by atoms with Gasteiger partial charge >= 0.3 is 0 Å². The fourth-order valence-corrected chi connectivity index (χ4v) is 2.89. The van der Waals surface area contributed by atoms with Crippen molar-refractivity contribution in [3.8, 4) is 0 Å². The summed E-state index contributed by atoms with van der Waals surface area (Å²) in [4.78, 5) is 14.1. The molecule has 4 heteroatoms. The molecule has 128 valence electrons. The molecule has 2 atom stereocenters. The van der Waals surface area contributed by atoms with Gasteiger partial charge in [0.05, 0.1) is 12.6 Å². The third-order valence-electron chi connectivity index (χ3n) is 4.69. The highest BCUT2D eigenvalue weighted by molar-refractivity contribution is 5.78. The van der Waals surface area contributed by atoms with Gasteiger partial charge in [0.25, 0.3) is 0 Å². The van der Waals surface area contributed by atoms with Gasteiger partial charge in [-0.15, -0.1) is 0 Å². The molecule has 2 rings (SSSR count). The average Bonchev–Trinajstić information content (AvgIpc) is 2.54. The van der Waals surface area contributed by atoms with Crippen LogP contribution in [0.4, 0.5) is 0 Å². The maximum Gasteiger partial charge on any atom is 0.234 e. The number of rotatable bonds is 6. The SMILES string of the molecule is Cc1ccc([C@H]2OCCC[C@@H]2CNC(=O)CN(C)C(C)C)cc1. The van der Waals surface area contributed by atoms with Crippen LogP contribution in [0.25, 0.3) is 0 Å². The molecule has 23 heavy (non-hydrogen) atoms. The van der Waals surface area contributed by atoms with E-state index in [4.69, 9.17) is 4.74 Å². The summed E-state index contributed by atoms with van der Waals surface area (Å²) in [5.41, 5.74) is 2.47. The van der Waals surface area contributed by atoms with Gasteiger partial charge in [0, 0.05) is 25.1 Å². The topological polar surface area (TPSA) is 41.6 Å². The minimum Gasteiger partial charge on any atom is -0.373 e. The zero-order chi connectivity index (χ0) is 16.8. The van der Waals surface area contributed by atoms with Crippen molar-refractivity contribution in [3.63, 3.8) is 0 Å². The maximum atomic E-state index is 12.1. The maximum absolute atomic E-state index is 12.1. The number of nitrogens with one attached hydrogen (secondary N) is 1. The fraction of sp³-hybridized carbons (Fsp3) is 0.632. The Labute approximate surface area is 140 Å². The van der Waals surface area contributed by atoms with Crippen molar-refractivity contribution in [2.24, 2.45) is 5.92 Å². The van der Waals surface area contributed by atoms with E-state index in [0.29, 0.717) is 25.0 Å². The van der Waals surface area contributed by atoms with Gasteiger partial charge in [-0.25, -0.2) is 0 Å².